The number of aromatic nitrogens is 1. The fourth-order valence-electron chi connectivity index (χ4n) is 2.22. The highest BCUT2D eigenvalue weighted by Gasteiger charge is 2.42. The second-order valence-corrected chi connectivity index (χ2v) is 5.41. The lowest BCUT2D eigenvalue weighted by Crippen LogP contribution is -2.42. The van der Waals surface area contributed by atoms with Crippen molar-refractivity contribution in [2.24, 2.45) is 11.8 Å². The molecular formula is C11H13Cl2F3N4. The van der Waals surface area contributed by atoms with Gasteiger partial charge in [0.25, 0.3) is 0 Å². The summed E-state index contributed by atoms with van der Waals surface area (Å²) in [6.07, 6.45) is -3.67. The Labute approximate surface area is 124 Å². The van der Waals surface area contributed by atoms with Crippen molar-refractivity contribution in [2.45, 2.75) is 19.0 Å². The molecule has 112 valence electrons. The molecule has 9 heteroatoms. The number of nitrogens with zero attached hydrogens (tertiary/aromatic N) is 2. The van der Waals surface area contributed by atoms with Gasteiger partial charge in [-0.15, -0.1) is 0 Å². The molecule has 0 aromatic carbocycles. The Morgan fingerprint density at radius 1 is 1.35 bits per heavy atom. The Bertz CT molecular complexity index is 495. The molecule has 0 radical (unpaired) electrons. The zero-order valence-corrected chi connectivity index (χ0v) is 11.9. The summed E-state index contributed by atoms with van der Waals surface area (Å²) < 4.78 is 38.4. The summed E-state index contributed by atoms with van der Waals surface area (Å²) in [5.74, 6) is 4.32. The summed E-state index contributed by atoms with van der Waals surface area (Å²) in [6, 6.07) is 1.41. The number of hydrogen-bond donors (Lipinski definition) is 2. The molecule has 3 N–H and O–H groups in total. The van der Waals surface area contributed by atoms with E-state index in [0.29, 0.717) is 13.0 Å². The van der Waals surface area contributed by atoms with Crippen LogP contribution in [-0.4, -0.2) is 24.2 Å². The van der Waals surface area contributed by atoms with Crippen molar-refractivity contribution < 1.29 is 13.2 Å². The maximum absolute atomic E-state index is 12.8. The number of hydrazine groups is 1. The van der Waals surface area contributed by atoms with Crippen molar-refractivity contribution in [1.29, 1.82) is 0 Å². The van der Waals surface area contributed by atoms with Crippen molar-refractivity contribution in [1.82, 2.24) is 4.98 Å². The molecule has 0 aliphatic carbocycles. The van der Waals surface area contributed by atoms with E-state index >= 15 is 0 Å². The van der Waals surface area contributed by atoms with Gasteiger partial charge in [-0.05, 0) is 18.9 Å². The van der Waals surface area contributed by atoms with Crippen LogP contribution >= 0.6 is 23.2 Å². The van der Waals surface area contributed by atoms with Gasteiger partial charge in [0, 0.05) is 13.1 Å². The van der Waals surface area contributed by atoms with E-state index in [1.807, 2.05) is 0 Å². The average molecular weight is 329 g/mol. The van der Waals surface area contributed by atoms with Gasteiger partial charge in [-0.3, -0.25) is 0 Å². The van der Waals surface area contributed by atoms with Crippen LogP contribution in [0.15, 0.2) is 6.07 Å². The van der Waals surface area contributed by atoms with E-state index in [2.05, 4.69) is 10.4 Å². The van der Waals surface area contributed by atoms with E-state index in [-0.39, 0.29) is 34.6 Å². The first-order chi connectivity index (χ1) is 9.32. The van der Waals surface area contributed by atoms with E-state index in [1.54, 1.807) is 0 Å². The lowest BCUT2D eigenvalue weighted by molar-refractivity contribution is -0.176. The van der Waals surface area contributed by atoms with Crippen molar-refractivity contribution in [3.63, 3.8) is 0 Å². The molecule has 1 aliphatic rings. The number of nitrogen functional groups attached to an aromatic ring is 1. The molecule has 0 saturated carbocycles. The van der Waals surface area contributed by atoms with Gasteiger partial charge >= 0.3 is 6.18 Å². The largest absolute Gasteiger partial charge is 0.393 e. The van der Waals surface area contributed by atoms with Crippen LogP contribution in [0.2, 0.25) is 10.0 Å². The van der Waals surface area contributed by atoms with Crippen LogP contribution in [0.1, 0.15) is 12.8 Å². The monoisotopic (exact) mass is 328 g/mol. The number of nitrogens with one attached hydrogen (secondary N) is 1. The molecule has 2 rings (SSSR count). The van der Waals surface area contributed by atoms with Crippen molar-refractivity contribution in [3.05, 3.63) is 16.1 Å². The Morgan fingerprint density at radius 2 is 2.05 bits per heavy atom. The minimum Gasteiger partial charge on any atom is -0.355 e. The molecule has 1 saturated heterocycles. The summed E-state index contributed by atoms with van der Waals surface area (Å²) >= 11 is 11.9. The van der Waals surface area contributed by atoms with Gasteiger partial charge in [0.05, 0.1) is 16.0 Å². The number of rotatable bonds is 2. The highest BCUT2D eigenvalue weighted by Crippen LogP contribution is 2.37. The fourth-order valence-corrected chi connectivity index (χ4v) is 2.75. The number of anilines is 2. The summed E-state index contributed by atoms with van der Waals surface area (Å²) in [5, 5.41) is 0.419. The topological polar surface area (TPSA) is 54.2 Å². The van der Waals surface area contributed by atoms with Crippen molar-refractivity contribution in [2.75, 3.05) is 23.4 Å². The van der Waals surface area contributed by atoms with Crippen LogP contribution < -0.4 is 16.2 Å². The molecule has 1 aromatic heterocycles. The fraction of sp³-hybridized carbons (Fsp3) is 0.545. The molecule has 1 aromatic rings. The smallest absolute Gasteiger partial charge is 0.355 e. The van der Waals surface area contributed by atoms with Gasteiger partial charge in [0.1, 0.15) is 5.82 Å². The van der Waals surface area contributed by atoms with Gasteiger partial charge in [0.2, 0.25) is 0 Å². The predicted molar refractivity (Wildman–Crippen MR) is 73.1 cm³/mol. The first-order valence-electron chi connectivity index (χ1n) is 5.97. The zero-order chi connectivity index (χ0) is 14.9. The number of pyridine rings is 1. The van der Waals surface area contributed by atoms with Crippen LogP contribution in [0.25, 0.3) is 0 Å². The van der Waals surface area contributed by atoms with E-state index in [4.69, 9.17) is 29.0 Å². The van der Waals surface area contributed by atoms with Gasteiger partial charge in [0.15, 0.2) is 5.82 Å². The summed E-state index contributed by atoms with van der Waals surface area (Å²) in [6.45, 7) is 0.298. The lowest BCUT2D eigenvalue weighted by atomic mass is 9.97. The minimum atomic E-state index is -4.22. The minimum absolute atomic E-state index is 0.118. The molecule has 1 fully saturated rings. The van der Waals surface area contributed by atoms with Crippen molar-refractivity contribution >= 4 is 34.8 Å². The maximum atomic E-state index is 12.8. The maximum Gasteiger partial charge on any atom is 0.393 e. The Morgan fingerprint density at radius 3 is 2.65 bits per heavy atom. The van der Waals surface area contributed by atoms with Gasteiger partial charge in [-0.1, -0.05) is 23.2 Å². The molecule has 2 heterocycles. The molecule has 0 spiro atoms. The highest BCUT2D eigenvalue weighted by atomic mass is 35.5. The molecule has 0 bridgehead atoms. The quantitative estimate of drug-likeness (QED) is 0.645. The standard InChI is InChI=1S/C11H13Cl2F3N4/c12-7-4-8(13)10(18-9(7)19-17)20-3-1-2-6(5-20)11(14,15)16/h4,6H,1-3,5,17H2,(H,18,19). The van der Waals surface area contributed by atoms with Gasteiger partial charge < -0.3 is 10.3 Å². The third-order valence-corrected chi connectivity index (χ3v) is 3.80. The summed E-state index contributed by atoms with van der Waals surface area (Å²) in [7, 11) is 0. The number of nitrogens with two attached hydrogens (primary N) is 1. The van der Waals surface area contributed by atoms with Gasteiger partial charge in [-0.2, -0.15) is 13.2 Å². The van der Waals surface area contributed by atoms with E-state index in [9.17, 15) is 13.2 Å². The van der Waals surface area contributed by atoms with Crippen LogP contribution in [0.4, 0.5) is 24.8 Å². The SMILES string of the molecule is NNc1nc(N2CCCC(C(F)(F)F)C2)c(Cl)cc1Cl. The highest BCUT2D eigenvalue weighted by molar-refractivity contribution is 6.37. The molecule has 1 aliphatic heterocycles. The van der Waals surface area contributed by atoms with Crippen LogP contribution in [0.5, 0.6) is 0 Å². The van der Waals surface area contributed by atoms with Crippen molar-refractivity contribution in [3.8, 4) is 0 Å². The predicted octanol–water partition coefficient (Wildman–Crippen LogP) is 3.45. The van der Waals surface area contributed by atoms with Crippen LogP contribution in [0, 0.1) is 5.92 Å². The van der Waals surface area contributed by atoms with Crippen LogP contribution in [0.3, 0.4) is 0 Å². The van der Waals surface area contributed by atoms with Crippen LogP contribution in [-0.2, 0) is 0 Å². The first-order valence-corrected chi connectivity index (χ1v) is 6.73. The lowest BCUT2D eigenvalue weighted by Gasteiger charge is -2.35. The Kier molecular flexibility index (Phi) is 4.51. The normalized spacial score (nSPS) is 20.1. The summed E-state index contributed by atoms with van der Waals surface area (Å²) in [5.41, 5.74) is 2.29. The molecule has 1 unspecified atom stereocenters. The first kappa shape index (κ1) is 15.5. The van der Waals surface area contributed by atoms with E-state index < -0.39 is 12.1 Å². The Hall–Kier alpha value is -0.920. The number of alkyl halides is 3. The number of piperidine rings is 1. The Balaban J connectivity index is 2.27. The molecule has 4 nitrogen and oxygen atoms in total. The van der Waals surface area contributed by atoms with E-state index in [0.717, 1.165) is 0 Å². The molecule has 1 atom stereocenters. The number of halogens is 5. The molecular weight excluding hydrogens is 316 g/mol. The number of hydrogen-bond acceptors (Lipinski definition) is 4. The third-order valence-electron chi connectivity index (χ3n) is 3.23. The summed E-state index contributed by atoms with van der Waals surface area (Å²) in [4.78, 5) is 5.60. The third kappa shape index (κ3) is 3.21. The second-order valence-electron chi connectivity index (χ2n) is 4.60. The molecule has 20 heavy (non-hydrogen) atoms. The average Bonchev–Trinajstić information content (AvgIpc) is 2.38. The second kappa shape index (κ2) is 5.83. The van der Waals surface area contributed by atoms with E-state index in [1.165, 1.54) is 11.0 Å². The molecule has 0 amide bonds. The van der Waals surface area contributed by atoms with Gasteiger partial charge in [-0.25, -0.2) is 10.8 Å². The zero-order valence-electron chi connectivity index (χ0n) is 10.3.